The molecule has 0 atom stereocenters. The summed E-state index contributed by atoms with van der Waals surface area (Å²) in [4.78, 5) is 16.7. The van der Waals surface area contributed by atoms with Gasteiger partial charge in [0, 0.05) is 29.8 Å². The molecule has 0 unspecified atom stereocenters. The monoisotopic (exact) mass is 339 g/mol. The van der Waals surface area contributed by atoms with Gasteiger partial charge in [0.2, 0.25) is 0 Å². The summed E-state index contributed by atoms with van der Waals surface area (Å²) >= 11 is 3.39. The summed E-state index contributed by atoms with van der Waals surface area (Å²) in [6, 6.07) is 5.44. The Morgan fingerprint density at radius 1 is 1.40 bits per heavy atom. The Morgan fingerprint density at radius 3 is 2.65 bits per heavy atom. The van der Waals surface area contributed by atoms with Gasteiger partial charge in [0.25, 0.3) is 5.91 Å². The maximum absolute atomic E-state index is 12.5. The maximum Gasteiger partial charge on any atom is 0.255 e. The first-order chi connectivity index (χ1) is 9.47. The number of carbonyl (C=O) groups is 1. The van der Waals surface area contributed by atoms with Gasteiger partial charge < -0.3 is 15.5 Å². The third kappa shape index (κ3) is 3.73. The van der Waals surface area contributed by atoms with Crippen LogP contribution in [0.2, 0.25) is 0 Å². The normalized spacial score (nSPS) is 16.7. The van der Waals surface area contributed by atoms with Gasteiger partial charge in [-0.1, -0.05) is 15.9 Å². The van der Waals surface area contributed by atoms with Crippen molar-refractivity contribution in [2.45, 2.75) is 12.8 Å². The summed E-state index contributed by atoms with van der Waals surface area (Å²) in [5.41, 5.74) is 7.07. The second-order valence-corrected chi connectivity index (χ2v) is 6.65. The minimum atomic E-state index is 0.0482. The number of nitrogens with zero attached hydrogens (tertiary/aromatic N) is 2. The van der Waals surface area contributed by atoms with E-state index in [1.165, 1.54) is 0 Å². The van der Waals surface area contributed by atoms with Gasteiger partial charge in [-0.2, -0.15) is 0 Å². The van der Waals surface area contributed by atoms with E-state index in [0.29, 0.717) is 17.2 Å². The van der Waals surface area contributed by atoms with Crippen molar-refractivity contribution in [3.8, 4) is 0 Å². The second kappa shape index (κ2) is 6.59. The molecule has 1 heterocycles. The van der Waals surface area contributed by atoms with E-state index in [-0.39, 0.29) is 5.91 Å². The highest BCUT2D eigenvalue weighted by Gasteiger charge is 2.25. The largest absolute Gasteiger partial charge is 0.398 e. The zero-order valence-corrected chi connectivity index (χ0v) is 13.7. The van der Waals surface area contributed by atoms with Gasteiger partial charge in [-0.05, 0) is 51.1 Å². The van der Waals surface area contributed by atoms with Crippen molar-refractivity contribution in [1.29, 1.82) is 0 Å². The summed E-state index contributed by atoms with van der Waals surface area (Å²) < 4.78 is 0.887. The number of carbonyl (C=O) groups excluding carboxylic acids is 1. The number of rotatable bonds is 3. The minimum Gasteiger partial charge on any atom is -0.398 e. The molecule has 0 bridgehead atoms. The Labute approximate surface area is 129 Å². The lowest BCUT2D eigenvalue weighted by molar-refractivity contribution is 0.0679. The van der Waals surface area contributed by atoms with Crippen LogP contribution in [0, 0.1) is 5.92 Å². The number of benzene rings is 1. The van der Waals surface area contributed by atoms with Crippen molar-refractivity contribution in [3.05, 3.63) is 28.2 Å². The van der Waals surface area contributed by atoms with Crippen molar-refractivity contribution in [3.63, 3.8) is 0 Å². The van der Waals surface area contributed by atoms with Crippen LogP contribution in [0.15, 0.2) is 22.7 Å². The molecule has 4 nitrogen and oxygen atoms in total. The predicted molar refractivity (Wildman–Crippen MR) is 85.7 cm³/mol. The Kier molecular flexibility index (Phi) is 5.05. The number of hydrogen-bond donors (Lipinski definition) is 1. The first-order valence-electron chi connectivity index (χ1n) is 6.96. The molecule has 20 heavy (non-hydrogen) atoms. The summed E-state index contributed by atoms with van der Waals surface area (Å²) in [7, 11) is 4.19. The van der Waals surface area contributed by atoms with E-state index in [0.717, 1.165) is 36.9 Å². The smallest absolute Gasteiger partial charge is 0.255 e. The number of nitrogen functional groups attached to an aromatic ring is 1. The number of hydrogen-bond acceptors (Lipinski definition) is 3. The quantitative estimate of drug-likeness (QED) is 0.860. The number of likely N-dealkylation sites (tertiary alicyclic amines) is 1. The molecular weight excluding hydrogens is 318 g/mol. The molecular formula is C15H22BrN3O. The fraction of sp³-hybridized carbons (Fsp3) is 0.533. The predicted octanol–water partition coefficient (Wildman–Crippen LogP) is 2.45. The second-order valence-electron chi connectivity index (χ2n) is 5.73. The van der Waals surface area contributed by atoms with Gasteiger partial charge in [0.05, 0.1) is 5.56 Å². The number of nitrogens with two attached hydrogens (primary N) is 1. The van der Waals surface area contributed by atoms with Crippen LogP contribution in [0.5, 0.6) is 0 Å². The molecule has 2 rings (SSSR count). The van der Waals surface area contributed by atoms with Crippen molar-refractivity contribution in [2.75, 3.05) is 39.5 Å². The van der Waals surface area contributed by atoms with Crippen LogP contribution in [0.3, 0.4) is 0 Å². The molecule has 5 heteroatoms. The molecule has 1 fully saturated rings. The maximum atomic E-state index is 12.5. The Hall–Kier alpha value is -1.07. The number of halogens is 1. The Morgan fingerprint density at radius 2 is 2.05 bits per heavy atom. The number of piperidine rings is 1. The Balaban J connectivity index is 2.00. The van der Waals surface area contributed by atoms with Crippen LogP contribution in [-0.4, -0.2) is 49.4 Å². The molecule has 1 aromatic rings. The Bertz CT molecular complexity index is 482. The van der Waals surface area contributed by atoms with E-state index in [9.17, 15) is 4.79 Å². The van der Waals surface area contributed by atoms with Crippen molar-refractivity contribution in [2.24, 2.45) is 5.92 Å². The molecule has 0 aliphatic carbocycles. The number of amides is 1. The zero-order valence-electron chi connectivity index (χ0n) is 12.1. The first kappa shape index (κ1) is 15.3. The molecule has 110 valence electrons. The van der Waals surface area contributed by atoms with E-state index in [4.69, 9.17) is 5.73 Å². The molecule has 0 spiro atoms. The van der Waals surface area contributed by atoms with Crippen molar-refractivity contribution >= 4 is 27.5 Å². The highest BCUT2D eigenvalue weighted by molar-refractivity contribution is 9.10. The molecule has 1 saturated heterocycles. The molecule has 0 saturated carbocycles. The fourth-order valence-corrected chi connectivity index (χ4v) is 3.08. The molecule has 1 aromatic carbocycles. The SMILES string of the molecule is CN(C)CC1CCN(C(=O)c2cc(Br)ccc2N)CC1. The van der Waals surface area contributed by atoms with Crippen LogP contribution >= 0.6 is 15.9 Å². The average molecular weight is 340 g/mol. The van der Waals surface area contributed by atoms with E-state index in [1.807, 2.05) is 17.0 Å². The lowest BCUT2D eigenvalue weighted by Gasteiger charge is -2.33. The minimum absolute atomic E-state index is 0.0482. The van der Waals surface area contributed by atoms with Gasteiger partial charge in [0.1, 0.15) is 0 Å². The molecule has 0 radical (unpaired) electrons. The summed E-state index contributed by atoms with van der Waals surface area (Å²) in [6.45, 7) is 2.74. The van der Waals surface area contributed by atoms with E-state index in [2.05, 4.69) is 34.9 Å². The zero-order chi connectivity index (χ0) is 14.7. The molecule has 0 aromatic heterocycles. The summed E-state index contributed by atoms with van der Waals surface area (Å²) in [6.07, 6.45) is 2.13. The van der Waals surface area contributed by atoms with Crippen molar-refractivity contribution in [1.82, 2.24) is 9.80 Å². The fourth-order valence-electron chi connectivity index (χ4n) is 2.72. The van der Waals surface area contributed by atoms with E-state index < -0.39 is 0 Å². The lowest BCUT2D eigenvalue weighted by atomic mass is 9.96. The van der Waals surface area contributed by atoms with Crippen LogP contribution < -0.4 is 5.73 Å². The van der Waals surface area contributed by atoms with Gasteiger partial charge in [0.15, 0.2) is 0 Å². The standard InChI is InChI=1S/C15H22BrN3O/c1-18(2)10-11-5-7-19(8-6-11)15(20)13-9-12(16)3-4-14(13)17/h3-4,9,11H,5-8,10,17H2,1-2H3. The van der Waals surface area contributed by atoms with Gasteiger partial charge in [-0.15, -0.1) is 0 Å². The van der Waals surface area contributed by atoms with Crippen LogP contribution in [0.4, 0.5) is 5.69 Å². The number of anilines is 1. The van der Waals surface area contributed by atoms with Crippen LogP contribution in [0.1, 0.15) is 23.2 Å². The average Bonchev–Trinajstić information content (AvgIpc) is 2.41. The molecule has 1 amide bonds. The highest BCUT2D eigenvalue weighted by atomic mass is 79.9. The topological polar surface area (TPSA) is 49.6 Å². The lowest BCUT2D eigenvalue weighted by Crippen LogP contribution is -2.40. The van der Waals surface area contributed by atoms with Gasteiger partial charge >= 0.3 is 0 Å². The van der Waals surface area contributed by atoms with Crippen LogP contribution in [-0.2, 0) is 0 Å². The third-order valence-corrected chi connectivity index (χ3v) is 4.26. The molecule has 2 N–H and O–H groups in total. The highest BCUT2D eigenvalue weighted by Crippen LogP contribution is 2.23. The van der Waals surface area contributed by atoms with Gasteiger partial charge in [-0.25, -0.2) is 0 Å². The molecule has 1 aliphatic rings. The van der Waals surface area contributed by atoms with E-state index >= 15 is 0 Å². The van der Waals surface area contributed by atoms with Crippen molar-refractivity contribution < 1.29 is 4.79 Å². The molecule has 1 aliphatic heterocycles. The first-order valence-corrected chi connectivity index (χ1v) is 7.75. The summed E-state index contributed by atoms with van der Waals surface area (Å²) in [5, 5.41) is 0. The third-order valence-electron chi connectivity index (χ3n) is 3.77. The van der Waals surface area contributed by atoms with Gasteiger partial charge in [-0.3, -0.25) is 4.79 Å². The summed E-state index contributed by atoms with van der Waals surface area (Å²) in [5.74, 6) is 0.737. The van der Waals surface area contributed by atoms with E-state index in [1.54, 1.807) is 6.07 Å². The van der Waals surface area contributed by atoms with Crippen LogP contribution in [0.25, 0.3) is 0 Å².